The van der Waals surface area contributed by atoms with Crippen molar-refractivity contribution in [3.63, 3.8) is 0 Å². The maximum absolute atomic E-state index is 11.5. The van der Waals surface area contributed by atoms with Gasteiger partial charge in [0.15, 0.2) is 5.82 Å². The average molecular weight is 333 g/mol. The molecule has 7 heteroatoms. The third kappa shape index (κ3) is 2.65. The van der Waals surface area contributed by atoms with Crippen LogP contribution in [0.15, 0.2) is 54.6 Å². The fourth-order valence-corrected chi connectivity index (χ4v) is 2.62. The van der Waals surface area contributed by atoms with Gasteiger partial charge < -0.3 is 10.1 Å². The van der Waals surface area contributed by atoms with Gasteiger partial charge in [-0.1, -0.05) is 42.5 Å². The van der Waals surface area contributed by atoms with E-state index in [1.165, 1.54) is 4.68 Å². The van der Waals surface area contributed by atoms with Gasteiger partial charge in [-0.2, -0.15) is 4.68 Å². The quantitative estimate of drug-likeness (QED) is 0.598. The van der Waals surface area contributed by atoms with Gasteiger partial charge in [0.25, 0.3) is 0 Å². The standard InChI is InChI=1S/C18H15N5O2/c1-11(17(24)25)16-21-15(12-7-3-2-4-8-12)22-23(16)18-19-13-9-5-6-10-14(13)20-18/h2-11H,1H3,(H,19,20)(H,24,25). The van der Waals surface area contributed by atoms with Crippen molar-refractivity contribution in [1.82, 2.24) is 24.7 Å². The fraction of sp³-hybridized carbons (Fsp3) is 0.111. The summed E-state index contributed by atoms with van der Waals surface area (Å²) in [4.78, 5) is 23.6. The topological polar surface area (TPSA) is 96.7 Å². The molecule has 7 nitrogen and oxygen atoms in total. The van der Waals surface area contributed by atoms with Gasteiger partial charge in [0.05, 0.1) is 11.0 Å². The molecule has 25 heavy (non-hydrogen) atoms. The highest BCUT2D eigenvalue weighted by atomic mass is 16.4. The molecule has 2 aromatic carbocycles. The number of hydrogen-bond donors (Lipinski definition) is 2. The fourth-order valence-electron chi connectivity index (χ4n) is 2.62. The van der Waals surface area contributed by atoms with Crippen molar-refractivity contribution in [2.24, 2.45) is 0 Å². The maximum Gasteiger partial charge on any atom is 0.313 e. The number of fused-ring (bicyclic) bond motifs is 1. The summed E-state index contributed by atoms with van der Waals surface area (Å²) in [5.74, 6) is -0.559. The first kappa shape index (κ1) is 15.1. The first-order chi connectivity index (χ1) is 12.1. The monoisotopic (exact) mass is 333 g/mol. The minimum absolute atomic E-state index is 0.324. The highest BCUT2D eigenvalue weighted by molar-refractivity contribution is 5.77. The van der Waals surface area contributed by atoms with Crippen LogP contribution in [0.5, 0.6) is 0 Å². The Kier molecular flexibility index (Phi) is 3.53. The predicted molar refractivity (Wildman–Crippen MR) is 92.5 cm³/mol. The number of aromatic nitrogens is 5. The smallest absolute Gasteiger partial charge is 0.313 e. The second-order valence-corrected chi connectivity index (χ2v) is 5.71. The zero-order chi connectivity index (χ0) is 17.4. The Hall–Kier alpha value is -3.48. The van der Waals surface area contributed by atoms with Gasteiger partial charge >= 0.3 is 5.97 Å². The Morgan fingerprint density at radius 2 is 1.80 bits per heavy atom. The normalized spacial score (nSPS) is 12.4. The Morgan fingerprint density at radius 3 is 2.52 bits per heavy atom. The summed E-state index contributed by atoms with van der Waals surface area (Å²) in [5.41, 5.74) is 2.45. The molecule has 0 bridgehead atoms. The summed E-state index contributed by atoms with van der Waals surface area (Å²) in [5, 5.41) is 13.9. The lowest BCUT2D eigenvalue weighted by Gasteiger charge is -2.05. The summed E-state index contributed by atoms with van der Waals surface area (Å²) < 4.78 is 1.47. The van der Waals surface area contributed by atoms with Gasteiger partial charge in [0, 0.05) is 5.56 Å². The molecule has 1 atom stereocenters. The van der Waals surface area contributed by atoms with E-state index in [9.17, 15) is 9.90 Å². The minimum atomic E-state index is -0.968. The lowest BCUT2D eigenvalue weighted by molar-refractivity contribution is -0.138. The van der Waals surface area contributed by atoms with Crippen molar-refractivity contribution in [1.29, 1.82) is 0 Å². The predicted octanol–water partition coefficient (Wildman–Crippen LogP) is 3.00. The highest BCUT2D eigenvalue weighted by Crippen LogP contribution is 2.23. The number of aliphatic carboxylic acids is 1. The van der Waals surface area contributed by atoms with Crippen molar-refractivity contribution < 1.29 is 9.90 Å². The highest BCUT2D eigenvalue weighted by Gasteiger charge is 2.25. The van der Waals surface area contributed by atoms with Crippen LogP contribution in [-0.4, -0.2) is 35.8 Å². The van der Waals surface area contributed by atoms with Crippen LogP contribution in [0, 0.1) is 0 Å². The maximum atomic E-state index is 11.5. The van der Waals surface area contributed by atoms with Gasteiger partial charge in [-0.3, -0.25) is 4.79 Å². The van der Waals surface area contributed by atoms with E-state index in [0.717, 1.165) is 16.6 Å². The molecular weight excluding hydrogens is 318 g/mol. The van der Waals surface area contributed by atoms with Gasteiger partial charge in [0.1, 0.15) is 11.7 Å². The first-order valence-electron chi connectivity index (χ1n) is 7.84. The molecule has 2 aromatic heterocycles. The second kappa shape index (κ2) is 5.86. The second-order valence-electron chi connectivity index (χ2n) is 5.71. The van der Waals surface area contributed by atoms with Crippen LogP contribution in [0.4, 0.5) is 0 Å². The number of benzene rings is 2. The van der Waals surface area contributed by atoms with Crippen LogP contribution in [-0.2, 0) is 4.79 Å². The Bertz CT molecular complexity index is 1020. The number of carboxylic acid groups (broad SMARTS) is 1. The van der Waals surface area contributed by atoms with E-state index < -0.39 is 11.9 Å². The Labute approximate surface area is 143 Å². The molecule has 0 aliphatic rings. The SMILES string of the molecule is CC(C(=O)O)c1nc(-c2ccccc2)nn1-c1nc2ccccc2[nH]1. The van der Waals surface area contributed by atoms with Crippen LogP contribution >= 0.6 is 0 Å². The van der Waals surface area contributed by atoms with E-state index in [1.54, 1.807) is 6.92 Å². The Morgan fingerprint density at radius 1 is 1.08 bits per heavy atom. The number of rotatable bonds is 4. The van der Waals surface area contributed by atoms with Gasteiger partial charge in [-0.15, -0.1) is 5.10 Å². The van der Waals surface area contributed by atoms with E-state index in [4.69, 9.17) is 0 Å². The molecule has 0 aliphatic heterocycles. The van der Waals surface area contributed by atoms with E-state index in [-0.39, 0.29) is 0 Å². The number of hydrogen-bond acceptors (Lipinski definition) is 4. The van der Waals surface area contributed by atoms with Crippen LogP contribution in [0.3, 0.4) is 0 Å². The minimum Gasteiger partial charge on any atom is -0.481 e. The van der Waals surface area contributed by atoms with Crippen molar-refractivity contribution in [3.8, 4) is 17.3 Å². The number of carboxylic acids is 1. The zero-order valence-corrected chi connectivity index (χ0v) is 13.4. The number of aromatic amines is 1. The van der Waals surface area contributed by atoms with Gasteiger partial charge in [0.2, 0.25) is 5.95 Å². The number of nitrogens with zero attached hydrogens (tertiary/aromatic N) is 4. The van der Waals surface area contributed by atoms with E-state index in [2.05, 4.69) is 20.1 Å². The molecule has 2 heterocycles. The van der Waals surface area contributed by atoms with E-state index in [1.807, 2.05) is 54.6 Å². The molecule has 0 saturated carbocycles. The number of nitrogens with one attached hydrogen (secondary N) is 1. The molecule has 2 N–H and O–H groups in total. The summed E-state index contributed by atoms with van der Waals surface area (Å²) >= 11 is 0. The third-order valence-corrected chi connectivity index (χ3v) is 4.00. The number of imidazole rings is 1. The van der Waals surface area contributed by atoms with Crippen LogP contribution in [0.25, 0.3) is 28.4 Å². The van der Waals surface area contributed by atoms with Gasteiger partial charge in [-0.05, 0) is 19.1 Å². The van der Waals surface area contributed by atoms with Crippen LogP contribution in [0.1, 0.15) is 18.7 Å². The summed E-state index contributed by atoms with van der Waals surface area (Å²) in [6, 6.07) is 17.0. The van der Waals surface area contributed by atoms with Gasteiger partial charge in [-0.25, -0.2) is 9.97 Å². The number of para-hydroxylation sites is 2. The molecular formula is C18H15N5O2. The molecule has 4 aromatic rings. The van der Waals surface area contributed by atoms with Crippen molar-refractivity contribution in [2.45, 2.75) is 12.8 Å². The van der Waals surface area contributed by atoms with E-state index >= 15 is 0 Å². The summed E-state index contributed by atoms with van der Waals surface area (Å²) in [7, 11) is 0. The van der Waals surface area contributed by atoms with Crippen molar-refractivity contribution >= 4 is 17.0 Å². The summed E-state index contributed by atoms with van der Waals surface area (Å²) in [6.45, 7) is 1.58. The van der Waals surface area contributed by atoms with Crippen LogP contribution < -0.4 is 0 Å². The zero-order valence-electron chi connectivity index (χ0n) is 13.4. The largest absolute Gasteiger partial charge is 0.481 e. The van der Waals surface area contributed by atoms with E-state index in [0.29, 0.717) is 17.6 Å². The molecule has 0 aliphatic carbocycles. The molecule has 0 radical (unpaired) electrons. The lowest BCUT2D eigenvalue weighted by Crippen LogP contribution is -2.15. The molecule has 124 valence electrons. The van der Waals surface area contributed by atoms with Crippen LogP contribution in [0.2, 0.25) is 0 Å². The molecule has 4 rings (SSSR count). The lowest BCUT2D eigenvalue weighted by atomic mass is 10.1. The average Bonchev–Trinajstić information content (AvgIpc) is 3.25. The molecule has 0 fully saturated rings. The molecule has 1 unspecified atom stereocenters. The molecule has 0 saturated heterocycles. The van der Waals surface area contributed by atoms with Crippen molar-refractivity contribution in [3.05, 3.63) is 60.4 Å². The number of carbonyl (C=O) groups is 1. The summed E-state index contributed by atoms with van der Waals surface area (Å²) in [6.07, 6.45) is 0. The third-order valence-electron chi connectivity index (χ3n) is 4.00. The van der Waals surface area contributed by atoms with Crippen molar-refractivity contribution in [2.75, 3.05) is 0 Å². The Balaban J connectivity index is 1.90. The first-order valence-corrected chi connectivity index (χ1v) is 7.84. The molecule has 0 amide bonds. The number of H-pyrrole nitrogens is 1. The molecule has 0 spiro atoms.